The Kier molecular flexibility index (Phi) is 3.95. The topological polar surface area (TPSA) is 67.1 Å². The molecule has 1 fully saturated rings. The van der Waals surface area contributed by atoms with Crippen LogP contribution in [0.2, 0.25) is 0 Å². The maximum atomic E-state index is 5.47. The van der Waals surface area contributed by atoms with Crippen molar-refractivity contribution in [3.8, 4) is 0 Å². The van der Waals surface area contributed by atoms with Gasteiger partial charge in [0.05, 0.1) is 0 Å². The normalized spacial score (nSPS) is 18.8. The summed E-state index contributed by atoms with van der Waals surface area (Å²) in [5, 5.41) is 4.16. The second-order valence-corrected chi connectivity index (χ2v) is 4.97. The number of likely N-dealkylation sites (tertiary alicyclic amines) is 1. The number of piperidine rings is 1. The van der Waals surface area contributed by atoms with Crippen molar-refractivity contribution in [1.82, 2.24) is 14.3 Å². The van der Waals surface area contributed by atoms with Crippen LogP contribution in [0.25, 0.3) is 0 Å². The molecule has 0 spiro atoms. The first-order valence-corrected chi connectivity index (χ1v) is 6.60. The fourth-order valence-corrected chi connectivity index (χ4v) is 2.55. The Balaban J connectivity index is 1.71. The summed E-state index contributed by atoms with van der Waals surface area (Å²) in [4.78, 5) is 6.59. The molecule has 1 aromatic heterocycles. The zero-order valence-electron chi connectivity index (χ0n) is 9.65. The first-order chi connectivity index (χ1) is 7.78. The fraction of sp³-hybridized carbons (Fsp3) is 0.800. The van der Waals surface area contributed by atoms with E-state index < -0.39 is 0 Å². The SMILES string of the molecule is CCN1CCC(CNc2nc(N)ns2)CC1. The van der Waals surface area contributed by atoms with E-state index in [0.29, 0.717) is 5.95 Å². The Morgan fingerprint density at radius 3 is 2.81 bits per heavy atom. The molecule has 2 heterocycles. The van der Waals surface area contributed by atoms with E-state index in [0.717, 1.165) is 17.6 Å². The van der Waals surface area contributed by atoms with Gasteiger partial charge in [0.1, 0.15) is 0 Å². The van der Waals surface area contributed by atoms with Crippen molar-refractivity contribution in [3.05, 3.63) is 0 Å². The highest BCUT2D eigenvalue weighted by Gasteiger charge is 2.17. The summed E-state index contributed by atoms with van der Waals surface area (Å²) in [6.45, 7) is 6.84. The summed E-state index contributed by atoms with van der Waals surface area (Å²) < 4.78 is 3.94. The van der Waals surface area contributed by atoms with Crippen molar-refractivity contribution in [1.29, 1.82) is 0 Å². The molecule has 1 saturated heterocycles. The average Bonchev–Trinajstić information content (AvgIpc) is 2.73. The van der Waals surface area contributed by atoms with Crippen LogP contribution >= 0.6 is 11.5 Å². The number of hydrogen-bond acceptors (Lipinski definition) is 6. The van der Waals surface area contributed by atoms with E-state index in [-0.39, 0.29) is 0 Å². The molecule has 0 aliphatic carbocycles. The number of anilines is 2. The molecule has 1 aliphatic heterocycles. The second kappa shape index (κ2) is 5.45. The van der Waals surface area contributed by atoms with Crippen molar-refractivity contribution in [2.45, 2.75) is 19.8 Å². The van der Waals surface area contributed by atoms with Gasteiger partial charge in [0, 0.05) is 18.1 Å². The minimum atomic E-state index is 0.369. The van der Waals surface area contributed by atoms with Crippen molar-refractivity contribution in [2.24, 2.45) is 5.92 Å². The van der Waals surface area contributed by atoms with Gasteiger partial charge >= 0.3 is 0 Å². The van der Waals surface area contributed by atoms with Gasteiger partial charge in [0.2, 0.25) is 11.1 Å². The number of nitrogens with zero attached hydrogens (tertiary/aromatic N) is 3. The summed E-state index contributed by atoms with van der Waals surface area (Å²) in [5.41, 5.74) is 5.47. The first-order valence-electron chi connectivity index (χ1n) is 5.83. The molecule has 0 bridgehead atoms. The van der Waals surface area contributed by atoms with Crippen LogP contribution < -0.4 is 11.1 Å². The largest absolute Gasteiger partial charge is 0.367 e. The molecule has 2 rings (SSSR count). The summed E-state index contributed by atoms with van der Waals surface area (Å²) in [7, 11) is 0. The lowest BCUT2D eigenvalue weighted by atomic mass is 9.97. The van der Waals surface area contributed by atoms with Crippen LogP contribution in [0.4, 0.5) is 11.1 Å². The van der Waals surface area contributed by atoms with Crippen LogP contribution in [0.1, 0.15) is 19.8 Å². The summed E-state index contributed by atoms with van der Waals surface area (Å²) in [5.74, 6) is 1.13. The molecular weight excluding hydrogens is 222 g/mol. The third-order valence-corrected chi connectivity index (χ3v) is 3.82. The third-order valence-electron chi connectivity index (χ3n) is 3.14. The highest BCUT2D eigenvalue weighted by molar-refractivity contribution is 7.09. The number of rotatable bonds is 4. The van der Waals surface area contributed by atoms with Gasteiger partial charge in [-0.25, -0.2) is 0 Å². The minimum Gasteiger partial charge on any atom is -0.367 e. The molecule has 16 heavy (non-hydrogen) atoms. The Morgan fingerprint density at radius 1 is 1.50 bits per heavy atom. The Hall–Kier alpha value is -0.880. The third kappa shape index (κ3) is 3.05. The smallest absolute Gasteiger partial charge is 0.233 e. The Bertz CT molecular complexity index is 319. The van der Waals surface area contributed by atoms with Crippen molar-refractivity contribution in [3.63, 3.8) is 0 Å². The minimum absolute atomic E-state index is 0.369. The molecule has 0 atom stereocenters. The number of nitrogen functional groups attached to an aromatic ring is 1. The van der Waals surface area contributed by atoms with Crippen LogP contribution in [-0.4, -0.2) is 40.4 Å². The van der Waals surface area contributed by atoms with E-state index >= 15 is 0 Å². The van der Waals surface area contributed by atoms with E-state index in [1.165, 1.54) is 44.0 Å². The van der Waals surface area contributed by atoms with Gasteiger partial charge in [0.25, 0.3) is 0 Å². The lowest BCUT2D eigenvalue weighted by Crippen LogP contribution is -2.35. The Morgan fingerprint density at radius 2 is 2.25 bits per heavy atom. The van der Waals surface area contributed by atoms with Crippen LogP contribution in [0.3, 0.4) is 0 Å². The maximum absolute atomic E-state index is 5.47. The highest BCUT2D eigenvalue weighted by atomic mass is 32.1. The molecule has 0 saturated carbocycles. The van der Waals surface area contributed by atoms with E-state index in [1.807, 2.05) is 0 Å². The standard InChI is InChI=1S/C10H19N5S/c1-2-15-5-3-8(4-6-15)7-12-10-13-9(11)14-16-10/h8H,2-7H2,1H3,(H3,11,12,13,14). The van der Waals surface area contributed by atoms with E-state index in [9.17, 15) is 0 Å². The number of nitrogens with one attached hydrogen (secondary N) is 1. The van der Waals surface area contributed by atoms with E-state index in [1.54, 1.807) is 0 Å². The molecule has 0 aromatic carbocycles. The fourth-order valence-electron chi connectivity index (χ4n) is 2.05. The van der Waals surface area contributed by atoms with Crippen molar-refractivity contribution < 1.29 is 0 Å². The average molecular weight is 241 g/mol. The zero-order valence-corrected chi connectivity index (χ0v) is 10.5. The number of aromatic nitrogens is 2. The predicted octanol–water partition coefficient (Wildman–Crippen LogP) is 1.26. The zero-order chi connectivity index (χ0) is 11.4. The maximum Gasteiger partial charge on any atom is 0.233 e. The van der Waals surface area contributed by atoms with Gasteiger partial charge in [-0.2, -0.15) is 9.36 Å². The summed E-state index contributed by atoms with van der Waals surface area (Å²) in [6.07, 6.45) is 2.55. The van der Waals surface area contributed by atoms with Gasteiger partial charge in [-0.15, -0.1) is 0 Å². The summed E-state index contributed by atoms with van der Waals surface area (Å²) >= 11 is 1.34. The van der Waals surface area contributed by atoms with Crippen LogP contribution in [-0.2, 0) is 0 Å². The van der Waals surface area contributed by atoms with Crippen LogP contribution in [0.5, 0.6) is 0 Å². The molecule has 0 amide bonds. The molecule has 1 aliphatic rings. The van der Waals surface area contributed by atoms with Gasteiger partial charge in [-0.05, 0) is 38.4 Å². The summed E-state index contributed by atoms with van der Waals surface area (Å²) in [6, 6.07) is 0. The quantitative estimate of drug-likeness (QED) is 0.831. The lowest BCUT2D eigenvalue weighted by Gasteiger charge is -2.30. The van der Waals surface area contributed by atoms with Crippen molar-refractivity contribution in [2.75, 3.05) is 37.2 Å². The Labute approximate surface area is 100 Å². The van der Waals surface area contributed by atoms with Gasteiger partial charge in [-0.3, -0.25) is 0 Å². The van der Waals surface area contributed by atoms with Gasteiger partial charge < -0.3 is 16.0 Å². The van der Waals surface area contributed by atoms with Crippen LogP contribution in [0, 0.1) is 5.92 Å². The molecule has 1 aromatic rings. The second-order valence-electron chi connectivity index (χ2n) is 4.22. The molecule has 6 heteroatoms. The van der Waals surface area contributed by atoms with E-state index in [4.69, 9.17) is 5.73 Å². The van der Waals surface area contributed by atoms with E-state index in [2.05, 4.69) is 26.5 Å². The lowest BCUT2D eigenvalue weighted by molar-refractivity contribution is 0.198. The molecule has 3 N–H and O–H groups in total. The first kappa shape index (κ1) is 11.6. The highest BCUT2D eigenvalue weighted by Crippen LogP contribution is 2.19. The monoisotopic (exact) mass is 241 g/mol. The molecule has 90 valence electrons. The predicted molar refractivity (Wildman–Crippen MR) is 67.6 cm³/mol. The van der Waals surface area contributed by atoms with Crippen LogP contribution in [0.15, 0.2) is 0 Å². The molecule has 0 radical (unpaired) electrons. The number of nitrogens with two attached hydrogens (primary N) is 1. The van der Waals surface area contributed by atoms with Gasteiger partial charge in [-0.1, -0.05) is 6.92 Å². The number of hydrogen-bond donors (Lipinski definition) is 2. The molecule has 0 unspecified atom stereocenters. The molecule has 5 nitrogen and oxygen atoms in total. The molecular formula is C10H19N5S. The van der Waals surface area contributed by atoms with Crippen molar-refractivity contribution >= 4 is 22.6 Å². The van der Waals surface area contributed by atoms with Gasteiger partial charge in [0.15, 0.2) is 0 Å².